The van der Waals surface area contributed by atoms with Crippen molar-refractivity contribution in [3.05, 3.63) is 11.3 Å². The summed E-state index contributed by atoms with van der Waals surface area (Å²) in [5.41, 5.74) is 2.31. The number of morpholine rings is 1. The van der Waals surface area contributed by atoms with Crippen LogP contribution in [0.15, 0.2) is 11.3 Å². The van der Waals surface area contributed by atoms with Gasteiger partial charge in [-0.2, -0.15) is 5.26 Å². The maximum Gasteiger partial charge on any atom is 0.0965 e. The lowest BCUT2D eigenvalue weighted by atomic mass is 9.96. The number of allylic oxidation sites excluding steroid dienone is 2. The maximum atomic E-state index is 9.03. The molecule has 1 fully saturated rings. The summed E-state index contributed by atoms with van der Waals surface area (Å²) in [6.07, 6.45) is 4.47. The molecule has 0 aromatic heterocycles. The van der Waals surface area contributed by atoms with E-state index in [0.717, 1.165) is 44.7 Å². The number of hydrogen-bond donors (Lipinski definition) is 0. The standard InChI is InChI=1S/C11H16N2O/c12-9-10-3-1-2-4-11(10)13-5-7-14-8-6-13/h1-8H2. The van der Waals surface area contributed by atoms with Crippen LogP contribution >= 0.6 is 0 Å². The molecular formula is C11H16N2O. The average Bonchev–Trinajstić information content (AvgIpc) is 2.30. The van der Waals surface area contributed by atoms with E-state index in [2.05, 4.69) is 11.0 Å². The van der Waals surface area contributed by atoms with Crippen LogP contribution in [0.25, 0.3) is 0 Å². The summed E-state index contributed by atoms with van der Waals surface area (Å²) in [5.74, 6) is 0. The molecule has 3 heteroatoms. The highest BCUT2D eigenvalue weighted by molar-refractivity contribution is 5.29. The van der Waals surface area contributed by atoms with Gasteiger partial charge in [0.25, 0.3) is 0 Å². The molecule has 2 rings (SSSR count). The fourth-order valence-electron chi connectivity index (χ4n) is 2.19. The molecule has 0 atom stereocenters. The lowest BCUT2D eigenvalue weighted by Crippen LogP contribution is -2.36. The molecule has 14 heavy (non-hydrogen) atoms. The number of ether oxygens (including phenoxy) is 1. The summed E-state index contributed by atoms with van der Waals surface area (Å²) in [6, 6.07) is 2.35. The second-order valence-electron chi connectivity index (χ2n) is 3.84. The molecule has 1 heterocycles. The van der Waals surface area contributed by atoms with Gasteiger partial charge in [-0.25, -0.2) is 0 Å². The van der Waals surface area contributed by atoms with Gasteiger partial charge in [0, 0.05) is 24.4 Å². The van der Waals surface area contributed by atoms with Crippen molar-refractivity contribution in [1.82, 2.24) is 4.90 Å². The van der Waals surface area contributed by atoms with Gasteiger partial charge in [0.2, 0.25) is 0 Å². The lowest BCUT2D eigenvalue weighted by Gasteiger charge is -2.33. The van der Waals surface area contributed by atoms with Crippen molar-refractivity contribution in [3.63, 3.8) is 0 Å². The normalized spacial score (nSPS) is 23.5. The van der Waals surface area contributed by atoms with Gasteiger partial charge in [-0.1, -0.05) is 0 Å². The van der Waals surface area contributed by atoms with E-state index in [0.29, 0.717) is 0 Å². The lowest BCUT2D eigenvalue weighted by molar-refractivity contribution is 0.0509. The van der Waals surface area contributed by atoms with Gasteiger partial charge in [0.15, 0.2) is 0 Å². The topological polar surface area (TPSA) is 36.3 Å². The quantitative estimate of drug-likeness (QED) is 0.634. The first kappa shape index (κ1) is 9.54. The molecule has 0 spiro atoms. The molecule has 3 nitrogen and oxygen atoms in total. The Morgan fingerprint density at radius 2 is 1.86 bits per heavy atom. The van der Waals surface area contributed by atoms with Crippen LogP contribution in [0.4, 0.5) is 0 Å². The Balaban J connectivity index is 2.12. The zero-order chi connectivity index (χ0) is 9.80. The average molecular weight is 192 g/mol. The minimum absolute atomic E-state index is 0.808. The number of rotatable bonds is 1. The van der Waals surface area contributed by atoms with Gasteiger partial charge in [0.05, 0.1) is 19.3 Å². The molecule has 0 amide bonds. The monoisotopic (exact) mass is 192 g/mol. The zero-order valence-corrected chi connectivity index (χ0v) is 8.46. The first-order chi connectivity index (χ1) is 6.92. The van der Waals surface area contributed by atoms with Crippen molar-refractivity contribution < 1.29 is 4.74 Å². The van der Waals surface area contributed by atoms with E-state index in [1.165, 1.54) is 18.5 Å². The third-order valence-electron chi connectivity index (χ3n) is 2.97. The Morgan fingerprint density at radius 1 is 1.14 bits per heavy atom. The first-order valence-corrected chi connectivity index (χ1v) is 5.36. The van der Waals surface area contributed by atoms with E-state index in [4.69, 9.17) is 10.00 Å². The molecule has 76 valence electrons. The van der Waals surface area contributed by atoms with Crippen LogP contribution in [0.2, 0.25) is 0 Å². The number of hydrogen-bond acceptors (Lipinski definition) is 3. The van der Waals surface area contributed by atoms with Crippen molar-refractivity contribution >= 4 is 0 Å². The Kier molecular flexibility index (Phi) is 3.05. The van der Waals surface area contributed by atoms with Crippen molar-refractivity contribution in [2.24, 2.45) is 0 Å². The highest BCUT2D eigenvalue weighted by Gasteiger charge is 2.19. The fourth-order valence-corrected chi connectivity index (χ4v) is 2.19. The Morgan fingerprint density at radius 3 is 2.57 bits per heavy atom. The minimum Gasteiger partial charge on any atom is -0.378 e. The molecule has 1 aliphatic carbocycles. The van der Waals surface area contributed by atoms with E-state index < -0.39 is 0 Å². The Labute approximate surface area is 85.0 Å². The SMILES string of the molecule is N#CC1=C(N2CCOCC2)CCCC1. The molecule has 0 saturated carbocycles. The molecule has 0 aromatic rings. The molecule has 2 aliphatic rings. The molecule has 0 radical (unpaired) electrons. The van der Waals surface area contributed by atoms with Gasteiger partial charge < -0.3 is 9.64 Å². The van der Waals surface area contributed by atoms with Crippen molar-refractivity contribution in [1.29, 1.82) is 5.26 Å². The van der Waals surface area contributed by atoms with Gasteiger partial charge in [0.1, 0.15) is 0 Å². The smallest absolute Gasteiger partial charge is 0.0965 e. The molecule has 0 N–H and O–H groups in total. The third-order valence-corrected chi connectivity index (χ3v) is 2.97. The van der Waals surface area contributed by atoms with E-state index in [1.54, 1.807) is 0 Å². The van der Waals surface area contributed by atoms with Gasteiger partial charge in [-0.15, -0.1) is 0 Å². The maximum absolute atomic E-state index is 9.03. The van der Waals surface area contributed by atoms with Crippen LogP contribution in [-0.2, 0) is 4.74 Å². The van der Waals surface area contributed by atoms with Gasteiger partial charge >= 0.3 is 0 Å². The van der Waals surface area contributed by atoms with Crippen molar-refractivity contribution in [3.8, 4) is 6.07 Å². The van der Waals surface area contributed by atoms with Crippen LogP contribution in [0.3, 0.4) is 0 Å². The molecule has 1 aliphatic heterocycles. The Hall–Kier alpha value is -1.01. The minimum atomic E-state index is 0.808. The van der Waals surface area contributed by atoms with Gasteiger partial charge in [-0.3, -0.25) is 0 Å². The molecular weight excluding hydrogens is 176 g/mol. The second-order valence-corrected chi connectivity index (χ2v) is 3.84. The van der Waals surface area contributed by atoms with Crippen LogP contribution in [0.1, 0.15) is 25.7 Å². The molecule has 0 bridgehead atoms. The summed E-state index contributed by atoms with van der Waals surface area (Å²) >= 11 is 0. The summed E-state index contributed by atoms with van der Waals surface area (Å²) < 4.78 is 5.31. The van der Waals surface area contributed by atoms with E-state index in [-0.39, 0.29) is 0 Å². The number of nitriles is 1. The van der Waals surface area contributed by atoms with E-state index in [9.17, 15) is 0 Å². The number of nitrogens with zero attached hydrogens (tertiary/aromatic N) is 2. The van der Waals surface area contributed by atoms with E-state index in [1.807, 2.05) is 0 Å². The van der Waals surface area contributed by atoms with Crippen LogP contribution in [-0.4, -0.2) is 31.2 Å². The van der Waals surface area contributed by atoms with Gasteiger partial charge in [-0.05, 0) is 25.7 Å². The summed E-state index contributed by atoms with van der Waals surface area (Å²) in [7, 11) is 0. The molecule has 0 aromatic carbocycles. The third kappa shape index (κ3) is 1.91. The van der Waals surface area contributed by atoms with Crippen LogP contribution < -0.4 is 0 Å². The largest absolute Gasteiger partial charge is 0.378 e. The molecule has 0 unspecified atom stereocenters. The van der Waals surface area contributed by atoms with Crippen molar-refractivity contribution in [2.45, 2.75) is 25.7 Å². The zero-order valence-electron chi connectivity index (χ0n) is 8.46. The predicted octanol–water partition coefficient (Wildman–Crippen LogP) is 1.67. The summed E-state index contributed by atoms with van der Waals surface area (Å²) in [4.78, 5) is 2.33. The fraction of sp³-hybridized carbons (Fsp3) is 0.727. The summed E-state index contributed by atoms with van der Waals surface area (Å²) in [6.45, 7) is 3.53. The Bertz CT molecular complexity index is 272. The van der Waals surface area contributed by atoms with E-state index >= 15 is 0 Å². The second kappa shape index (κ2) is 4.47. The first-order valence-electron chi connectivity index (χ1n) is 5.36. The molecule has 1 saturated heterocycles. The van der Waals surface area contributed by atoms with Crippen LogP contribution in [0, 0.1) is 11.3 Å². The summed E-state index contributed by atoms with van der Waals surface area (Å²) in [5, 5.41) is 9.03. The van der Waals surface area contributed by atoms with Crippen LogP contribution in [0.5, 0.6) is 0 Å². The predicted molar refractivity (Wildman–Crippen MR) is 53.5 cm³/mol. The van der Waals surface area contributed by atoms with Crippen molar-refractivity contribution in [2.75, 3.05) is 26.3 Å². The highest BCUT2D eigenvalue weighted by Crippen LogP contribution is 2.27. The highest BCUT2D eigenvalue weighted by atomic mass is 16.5.